The van der Waals surface area contributed by atoms with E-state index in [9.17, 15) is 0 Å². The highest BCUT2D eigenvalue weighted by atomic mass is 16.5. The van der Waals surface area contributed by atoms with Crippen LogP contribution in [0.2, 0.25) is 0 Å². The standard InChI is InChI=1S/C15H22N6O/c1-5-13-16-9(2)6-14(18-13)21-8-11(22-4)7-12(21)15-17-10(3)19-20-15/h6,11-12H,5,7-8H2,1-4H3,(H,17,19,20)/t11-,12+/m1/s1. The lowest BCUT2D eigenvalue weighted by Crippen LogP contribution is -2.27. The Morgan fingerprint density at radius 1 is 1.32 bits per heavy atom. The second-order valence-electron chi connectivity index (χ2n) is 5.68. The molecule has 0 spiro atoms. The Morgan fingerprint density at radius 3 is 2.77 bits per heavy atom. The molecular weight excluding hydrogens is 280 g/mol. The van der Waals surface area contributed by atoms with Crippen molar-refractivity contribution in [2.45, 2.75) is 45.8 Å². The predicted octanol–water partition coefficient (Wildman–Crippen LogP) is 1.74. The maximum absolute atomic E-state index is 5.56. The van der Waals surface area contributed by atoms with E-state index in [-0.39, 0.29) is 12.1 Å². The van der Waals surface area contributed by atoms with Crippen molar-refractivity contribution >= 4 is 5.82 Å². The molecule has 0 bridgehead atoms. The maximum Gasteiger partial charge on any atom is 0.173 e. The Hall–Kier alpha value is -2.02. The Labute approximate surface area is 130 Å². The normalized spacial score (nSPS) is 21.5. The van der Waals surface area contributed by atoms with E-state index in [1.807, 2.05) is 19.9 Å². The van der Waals surface area contributed by atoms with Crippen LogP contribution in [-0.4, -0.2) is 44.9 Å². The molecule has 2 atom stereocenters. The van der Waals surface area contributed by atoms with Gasteiger partial charge in [0.15, 0.2) is 5.82 Å². The number of aromatic amines is 1. The van der Waals surface area contributed by atoms with Crippen molar-refractivity contribution < 1.29 is 4.74 Å². The lowest BCUT2D eigenvalue weighted by molar-refractivity contribution is 0.118. The van der Waals surface area contributed by atoms with Crippen LogP contribution in [0.25, 0.3) is 0 Å². The number of aryl methyl sites for hydroxylation is 3. The van der Waals surface area contributed by atoms with Gasteiger partial charge in [0.05, 0.1) is 12.1 Å². The number of ether oxygens (including phenoxy) is 1. The fourth-order valence-corrected chi connectivity index (χ4v) is 2.89. The topological polar surface area (TPSA) is 79.8 Å². The molecule has 1 fully saturated rings. The largest absolute Gasteiger partial charge is 0.380 e. The SMILES string of the molecule is CCc1nc(C)cc(N2C[C@H](OC)C[C@H]2c2n[nH]c(C)n2)n1. The first kappa shape index (κ1) is 14.9. The Balaban J connectivity index is 1.97. The third-order valence-electron chi connectivity index (χ3n) is 4.01. The number of hydrogen-bond acceptors (Lipinski definition) is 6. The Morgan fingerprint density at radius 2 is 2.14 bits per heavy atom. The van der Waals surface area contributed by atoms with Crippen LogP contribution in [-0.2, 0) is 11.2 Å². The number of rotatable bonds is 4. The molecule has 3 rings (SSSR count). The number of hydrogen-bond donors (Lipinski definition) is 1. The zero-order valence-electron chi connectivity index (χ0n) is 13.5. The van der Waals surface area contributed by atoms with E-state index in [1.165, 1.54) is 0 Å². The summed E-state index contributed by atoms with van der Waals surface area (Å²) in [6.45, 7) is 6.76. The van der Waals surface area contributed by atoms with Crippen LogP contribution >= 0.6 is 0 Å². The van der Waals surface area contributed by atoms with Crippen molar-refractivity contribution in [1.29, 1.82) is 0 Å². The van der Waals surface area contributed by atoms with E-state index >= 15 is 0 Å². The van der Waals surface area contributed by atoms with Gasteiger partial charge in [-0.15, -0.1) is 0 Å². The molecule has 7 nitrogen and oxygen atoms in total. The first-order valence-electron chi connectivity index (χ1n) is 7.63. The molecule has 7 heteroatoms. The lowest BCUT2D eigenvalue weighted by Gasteiger charge is -2.24. The quantitative estimate of drug-likeness (QED) is 0.926. The smallest absolute Gasteiger partial charge is 0.173 e. The minimum absolute atomic E-state index is 0.0777. The van der Waals surface area contributed by atoms with E-state index in [0.29, 0.717) is 0 Å². The van der Waals surface area contributed by atoms with Crippen LogP contribution in [0.4, 0.5) is 5.82 Å². The Bertz CT molecular complexity index is 655. The molecular formula is C15H22N6O. The summed E-state index contributed by atoms with van der Waals surface area (Å²) in [5.41, 5.74) is 0.979. The van der Waals surface area contributed by atoms with Gasteiger partial charge >= 0.3 is 0 Å². The molecule has 0 amide bonds. The molecule has 118 valence electrons. The van der Waals surface area contributed by atoms with Crippen molar-refractivity contribution in [3.05, 3.63) is 29.2 Å². The van der Waals surface area contributed by atoms with Gasteiger partial charge in [-0.25, -0.2) is 15.0 Å². The van der Waals surface area contributed by atoms with Crippen molar-refractivity contribution in [3.63, 3.8) is 0 Å². The highest BCUT2D eigenvalue weighted by Gasteiger charge is 2.36. The van der Waals surface area contributed by atoms with Gasteiger partial charge in [-0.05, 0) is 13.8 Å². The second kappa shape index (κ2) is 6.00. The van der Waals surface area contributed by atoms with Crippen molar-refractivity contribution in [2.24, 2.45) is 0 Å². The number of nitrogens with one attached hydrogen (secondary N) is 1. The van der Waals surface area contributed by atoms with Gasteiger partial charge in [-0.2, -0.15) is 5.10 Å². The fourth-order valence-electron chi connectivity index (χ4n) is 2.89. The molecule has 0 saturated carbocycles. The van der Waals surface area contributed by atoms with Crippen LogP contribution in [0.1, 0.15) is 42.6 Å². The van der Waals surface area contributed by atoms with Gasteiger partial charge in [0, 0.05) is 38.3 Å². The van der Waals surface area contributed by atoms with Crippen LogP contribution in [0.3, 0.4) is 0 Å². The van der Waals surface area contributed by atoms with Gasteiger partial charge in [0.25, 0.3) is 0 Å². The minimum atomic E-state index is 0.0777. The molecule has 1 saturated heterocycles. The van der Waals surface area contributed by atoms with E-state index in [4.69, 9.17) is 4.74 Å². The molecule has 0 aromatic carbocycles. The third kappa shape index (κ3) is 2.81. The molecule has 1 N–H and O–H groups in total. The van der Waals surface area contributed by atoms with Gasteiger partial charge in [-0.1, -0.05) is 6.92 Å². The predicted molar refractivity (Wildman–Crippen MR) is 82.8 cm³/mol. The van der Waals surface area contributed by atoms with E-state index in [1.54, 1.807) is 7.11 Å². The molecule has 2 aromatic heterocycles. The second-order valence-corrected chi connectivity index (χ2v) is 5.68. The van der Waals surface area contributed by atoms with E-state index < -0.39 is 0 Å². The monoisotopic (exact) mass is 302 g/mol. The summed E-state index contributed by atoms with van der Waals surface area (Å²) in [7, 11) is 1.75. The average Bonchev–Trinajstić information content (AvgIpc) is 3.12. The maximum atomic E-state index is 5.56. The van der Waals surface area contributed by atoms with Gasteiger partial charge in [0.1, 0.15) is 17.5 Å². The summed E-state index contributed by atoms with van der Waals surface area (Å²) in [5.74, 6) is 3.41. The summed E-state index contributed by atoms with van der Waals surface area (Å²) in [4.78, 5) is 15.9. The van der Waals surface area contributed by atoms with E-state index in [2.05, 4.69) is 37.0 Å². The number of aromatic nitrogens is 5. The first-order chi connectivity index (χ1) is 10.6. The highest BCUT2D eigenvalue weighted by Crippen LogP contribution is 2.35. The number of anilines is 1. The lowest BCUT2D eigenvalue weighted by atomic mass is 10.2. The zero-order chi connectivity index (χ0) is 15.7. The molecule has 1 aliphatic rings. The van der Waals surface area contributed by atoms with E-state index in [0.717, 1.165) is 48.4 Å². The van der Waals surface area contributed by atoms with Crippen molar-refractivity contribution in [3.8, 4) is 0 Å². The van der Waals surface area contributed by atoms with Crippen molar-refractivity contribution in [2.75, 3.05) is 18.6 Å². The Kier molecular flexibility index (Phi) is 4.06. The molecule has 22 heavy (non-hydrogen) atoms. The summed E-state index contributed by atoms with van der Waals surface area (Å²) in [5, 5.41) is 7.25. The highest BCUT2D eigenvalue weighted by molar-refractivity contribution is 5.44. The summed E-state index contributed by atoms with van der Waals surface area (Å²) >= 11 is 0. The van der Waals surface area contributed by atoms with Crippen LogP contribution < -0.4 is 4.90 Å². The van der Waals surface area contributed by atoms with Crippen LogP contribution in [0.5, 0.6) is 0 Å². The van der Waals surface area contributed by atoms with Gasteiger partial charge in [0.2, 0.25) is 0 Å². The third-order valence-corrected chi connectivity index (χ3v) is 4.01. The molecule has 0 unspecified atom stereocenters. The number of methoxy groups -OCH3 is 1. The fraction of sp³-hybridized carbons (Fsp3) is 0.600. The van der Waals surface area contributed by atoms with Gasteiger partial charge < -0.3 is 9.64 Å². The average molecular weight is 302 g/mol. The summed E-state index contributed by atoms with van der Waals surface area (Å²) < 4.78 is 5.56. The molecule has 3 heterocycles. The molecule has 1 aliphatic heterocycles. The number of H-pyrrole nitrogens is 1. The molecule has 2 aromatic rings. The minimum Gasteiger partial charge on any atom is -0.380 e. The van der Waals surface area contributed by atoms with Gasteiger partial charge in [-0.3, -0.25) is 5.10 Å². The first-order valence-corrected chi connectivity index (χ1v) is 7.63. The summed E-state index contributed by atoms with van der Waals surface area (Å²) in [6, 6.07) is 2.10. The van der Waals surface area contributed by atoms with Crippen LogP contribution in [0, 0.1) is 13.8 Å². The number of nitrogens with zero attached hydrogens (tertiary/aromatic N) is 5. The van der Waals surface area contributed by atoms with Crippen LogP contribution in [0.15, 0.2) is 6.07 Å². The molecule has 0 aliphatic carbocycles. The zero-order valence-corrected chi connectivity index (χ0v) is 13.5. The molecule has 0 radical (unpaired) electrons. The summed E-state index contributed by atoms with van der Waals surface area (Å²) in [6.07, 6.45) is 1.84. The van der Waals surface area contributed by atoms with Crippen molar-refractivity contribution in [1.82, 2.24) is 25.1 Å².